The minimum atomic E-state index is -4.08. The number of nitrogens with two attached hydrogens (primary N) is 1. The van der Waals surface area contributed by atoms with Crippen molar-refractivity contribution in [3.63, 3.8) is 0 Å². The Morgan fingerprint density at radius 3 is 2.45 bits per heavy atom. The van der Waals surface area contributed by atoms with Crippen LogP contribution in [0, 0.1) is 0 Å². The molecule has 2 aromatic carbocycles. The van der Waals surface area contributed by atoms with E-state index in [2.05, 4.69) is 26.6 Å². The lowest BCUT2D eigenvalue weighted by Gasteiger charge is -2.31. The molecule has 1 saturated heterocycles. The zero-order valence-corrected chi connectivity index (χ0v) is 22.0. The molecule has 1 unspecified atom stereocenters. The van der Waals surface area contributed by atoms with Crippen LogP contribution in [0.3, 0.4) is 0 Å². The predicted octanol–water partition coefficient (Wildman–Crippen LogP) is 2.53. The Hall–Kier alpha value is -3.58. The van der Waals surface area contributed by atoms with Gasteiger partial charge in [0, 0.05) is 43.0 Å². The lowest BCUT2D eigenvalue weighted by Crippen LogP contribution is -2.42. The monoisotopic (exact) mass is 554 g/mol. The summed E-state index contributed by atoms with van der Waals surface area (Å²) in [5, 5.41) is 11.1. The van der Waals surface area contributed by atoms with Crippen molar-refractivity contribution in [3.05, 3.63) is 89.2 Å². The zero-order valence-electron chi connectivity index (χ0n) is 20.5. The van der Waals surface area contributed by atoms with E-state index < -0.39 is 10.2 Å². The van der Waals surface area contributed by atoms with Crippen molar-refractivity contribution in [2.45, 2.75) is 12.3 Å². The number of aliphatic imine (C=N–C) groups is 1. The summed E-state index contributed by atoms with van der Waals surface area (Å²) in [6.07, 6.45) is 3.79. The molecule has 38 heavy (non-hydrogen) atoms. The fourth-order valence-electron chi connectivity index (χ4n) is 4.29. The minimum absolute atomic E-state index is 0.0295. The number of halogens is 1. The number of hydrogen-bond donors (Lipinski definition) is 1. The molecule has 0 saturated carbocycles. The van der Waals surface area contributed by atoms with Gasteiger partial charge in [-0.2, -0.15) is 27.9 Å². The first-order valence-electron chi connectivity index (χ1n) is 12.1. The van der Waals surface area contributed by atoms with Gasteiger partial charge < -0.3 is 10.5 Å². The normalized spacial score (nSPS) is 19.9. The highest BCUT2D eigenvalue weighted by Gasteiger charge is 2.31. The molecule has 5 rings (SSSR count). The number of ether oxygens (including phenoxy) is 1. The molecule has 0 radical (unpaired) electrons. The highest BCUT2D eigenvalue weighted by molar-refractivity contribution is 7.87. The van der Waals surface area contributed by atoms with E-state index in [1.807, 2.05) is 30.3 Å². The van der Waals surface area contributed by atoms with Crippen molar-refractivity contribution in [2.24, 2.45) is 20.2 Å². The molecule has 2 aliphatic rings. The van der Waals surface area contributed by atoms with Crippen LogP contribution < -0.4 is 5.73 Å². The lowest BCUT2D eigenvalue weighted by atomic mass is 9.86. The molecular formula is C25H27ClN8O3S. The van der Waals surface area contributed by atoms with Gasteiger partial charge in [-0.05, 0) is 35.7 Å². The number of guanidine groups is 1. The summed E-state index contributed by atoms with van der Waals surface area (Å²) in [6.45, 7) is 1.36. The topological polar surface area (TPSA) is 131 Å². The van der Waals surface area contributed by atoms with Crippen molar-refractivity contribution in [1.82, 2.24) is 19.1 Å². The molecule has 1 atom stereocenters. The standard InChI is InChI=1S/C25H27ClN8O3S/c26-21-9-7-20(8-10-21)23-22(19-5-2-1-3-6-19)11-14-34(30-23)25(29-24(27)33-13-4-12-28-33)31-38(35,36)32-15-17-37-18-16-32/h1-10,12-13,22H,11,14-18H2,(H2,27,29,31). The highest BCUT2D eigenvalue weighted by atomic mass is 35.5. The fourth-order valence-corrected chi connectivity index (χ4v) is 5.49. The Morgan fingerprint density at radius 2 is 1.76 bits per heavy atom. The van der Waals surface area contributed by atoms with Gasteiger partial charge in [-0.25, -0.2) is 9.69 Å². The van der Waals surface area contributed by atoms with Gasteiger partial charge in [0.2, 0.25) is 5.96 Å². The summed E-state index contributed by atoms with van der Waals surface area (Å²) < 4.78 is 38.5. The van der Waals surface area contributed by atoms with Crippen LogP contribution in [0.5, 0.6) is 0 Å². The van der Waals surface area contributed by atoms with E-state index >= 15 is 0 Å². The van der Waals surface area contributed by atoms with E-state index in [1.165, 1.54) is 14.0 Å². The second-order valence-electron chi connectivity index (χ2n) is 8.67. The molecule has 0 amide bonds. The van der Waals surface area contributed by atoms with Crippen LogP contribution in [0.25, 0.3) is 0 Å². The van der Waals surface area contributed by atoms with Gasteiger partial charge in [0.15, 0.2) is 0 Å². The third-order valence-corrected chi connectivity index (χ3v) is 7.87. The van der Waals surface area contributed by atoms with E-state index in [-0.39, 0.29) is 30.9 Å². The lowest BCUT2D eigenvalue weighted by molar-refractivity contribution is 0.0730. The van der Waals surface area contributed by atoms with Crippen molar-refractivity contribution in [2.75, 3.05) is 32.8 Å². The van der Waals surface area contributed by atoms with Crippen molar-refractivity contribution < 1.29 is 13.2 Å². The van der Waals surface area contributed by atoms with Crippen LogP contribution in [0.2, 0.25) is 5.02 Å². The third kappa shape index (κ3) is 5.94. The molecule has 1 aromatic heterocycles. The van der Waals surface area contributed by atoms with Crippen LogP contribution in [0.4, 0.5) is 0 Å². The molecule has 2 N–H and O–H groups in total. The number of benzene rings is 2. The van der Waals surface area contributed by atoms with Gasteiger partial charge in [0.05, 0.1) is 18.9 Å². The average molecular weight is 555 g/mol. The second kappa shape index (κ2) is 11.4. The van der Waals surface area contributed by atoms with Gasteiger partial charge in [-0.15, -0.1) is 4.40 Å². The predicted molar refractivity (Wildman–Crippen MR) is 146 cm³/mol. The summed E-state index contributed by atoms with van der Waals surface area (Å²) in [5.41, 5.74) is 8.87. The molecule has 0 spiro atoms. The van der Waals surface area contributed by atoms with Gasteiger partial charge in [0.25, 0.3) is 5.96 Å². The fraction of sp³-hybridized carbons (Fsp3) is 0.280. The Kier molecular flexibility index (Phi) is 7.84. The number of aromatic nitrogens is 2. The molecular weight excluding hydrogens is 528 g/mol. The zero-order chi connectivity index (χ0) is 26.5. The van der Waals surface area contributed by atoms with Crippen molar-refractivity contribution in [3.8, 4) is 0 Å². The Bertz CT molecular complexity index is 1440. The highest BCUT2D eigenvalue weighted by Crippen LogP contribution is 2.30. The summed E-state index contributed by atoms with van der Waals surface area (Å²) >= 11 is 6.15. The first-order chi connectivity index (χ1) is 18.4. The molecule has 1 fully saturated rings. The third-order valence-electron chi connectivity index (χ3n) is 6.21. The summed E-state index contributed by atoms with van der Waals surface area (Å²) in [5.74, 6) is -0.222. The minimum Gasteiger partial charge on any atom is -0.379 e. The van der Waals surface area contributed by atoms with E-state index in [1.54, 1.807) is 30.6 Å². The SMILES string of the molecule is N/C(=N\C(=N/S(=O)(=O)N1CCOCC1)N1CCC(c2ccccc2)C(c2ccc(Cl)cc2)=N1)n1cccn1. The Labute approximate surface area is 226 Å². The number of rotatable bonds is 4. The molecule has 0 aliphatic carbocycles. The first kappa shape index (κ1) is 26.0. The average Bonchev–Trinajstić information content (AvgIpc) is 3.49. The van der Waals surface area contributed by atoms with Gasteiger partial charge in [-0.1, -0.05) is 54.1 Å². The summed E-state index contributed by atoms with van der Waals surface area (Å²) in [6, 6.07) is 19.1. The van der Waals surface area contributed by atoms with E-state index in [9.17, 15) is 8.42 Å². The molecule has 198 valence electrons. The molecule has 3 aromatic rings. The Morgan fingerprint density at radius 1 is 1.03 bits per heavy atom. The molecule has 13 heteroatoms. The van der Waals surface area contributed by atoms with Gasteiger partial charge in [-0.3, -0.25) is 0 Å². The van der Waals surface area contributed by atoms with Crippen molar-refractivity contribution >= 4 is 39.4 Å². The van der Waals surface area contributed by atoms with E-state index in [4.69, 9.17) is 27.2 Å². The summed E-state index contributed by atoms with van der Waals surface area (Å²) in [7, 11) is -4.08. The van der Waals surface area contributed by atoms with Crippen LogP contribution in [0.1, 0.15) is 23.5 Å². The van der Waals surface area contributed by atoms with Crippen LogP contribution >= 0.6 is 11.6 Å². The maximum absolute atomic E-state index is 13.2. The second-order valence-corrected chi connectivity index (χ2v) is 10.7. The smallest absolute Gasteiger partial charge is 0.325 e. The maximum Gasteiger partial charge on any atom is 0.325 e. The van der Waals surface area contributed by atoms with E-state index in [0.29, 0.717) is 31.2 Å². The number of morpholine rings is 1. The first-order valence-corrected chi connectivity index (χ1v) is 13.9. The largest absolute Gasteiger partial charge is 0.379 e. The Balaban J connectivity index is 1.60. The van der Waals surface area contributed by atoms with Crippen LogP contribution in [-0.4, -0.2) is 78.0 Å². The van der Waals surface area contributed by atoms with Gasteiger partial charge >= 0.3 is 10.2 Å². The van der Waals surface area contributed by atoms with Crippen LogP contribution in [0.15, 0.2) is 87.5 Å². The summed E-state index contributed by atoms with van der Waals surface area (Å²) in [4.78, 5) is 4.37. The number of hydrazone groups is 1. The van der Waals surface area contributed by atoms with E-state index in [0.717, 1.165) is 16.8 Å². The van der Waals surface area contributed by atoms with Gasteiger partial charge in [0.1, 0.15) is 0 Å². The molecule has 3 heterocycles. The maximum atomic E-state index is 13.2. The molecule has 2 aliphatic heterocycles. The number of nitrogens with zero attached hydrogens (tertiary/aromatic N) is 7. The number of hydrogen-bond acceptors (Lipinski definition) is 5. The quantitative estimate of drug-likeness (QED) is 0.389. The van der Waals surface area contributed by atoms with Crippen molar-refractivity contribution in [1.29, 1.82) is 0 Å². The molecule has 11 nitrogen and oxygen atoms in total. The van der Waals surface area contributed by atoms with Crippen LogP contribution in [-0.2, 0) is 14.9 Å². The molecule has 0 bridgehead atoms.